The van der Waals surface area contributed by atoms with Crippen molar-refractivity contribution in [2.75, 3.05) is 19.6 Å². The first-order valence-corrected chi connectivity index (χ1v) is 7.71. The van der Waals surface area contributed by atoms with Gasteiger partial charge < -0.3 is 5.32 Å². The van der Waals surface area contributed by atoms with Gasteiger partial charge in [0, 0.05) is 18.6 Å². The molecule has 17 heavy (non-hydrogen) atoms. The van der Waals surface area contributed by atoms with Crippen LogP contribution >= 0.6 is 11.3 Å². The van der Waals surface area contributed by atoms with E-state index >= 15 is 0 Å². The van der Waals surface area contributed by atoms with E-state index in [0.717, 1.165) is 6.54 Å². The van der Waals surface area contributed by atoms with E-state index in [1.54, 1.807) is 11.3 Å². The first kappa shape index (κ1) is 13.1. The molecule has 0 amide bonds. The zero-order chi connectivity index (χ0) is 12.1. The molecule has 0 radical (unpaired) electrons. The fraction of sp³-hybridized carbons (Fsp3) is 0.714. The predicted molar refractivity (Wildman–Crippen MR) is 75.5 cm³/mol. The normalized spacial score (nSPS) is 21.3. The summed E-state index contributed by atoms with van der Waals surface area (Å²) in [4.78, 5) is 2.62. The van der Waals surface area contributed by atoms with Gasteiger partial charge in [-0.25, -0.2) is 0 Å². The van der Waals surface area contributed by atoms with Gasteiger partial charge in [-0.15, -0.1) is 0 Å². The molecule has 0 saturated carbocycles. The maximum Gasteiger partial charge on any atom is 0.0303 e. The molecule has 1 aromatic rings. The molecule has 1 saturated heterocycles. The molecule has 2 rings (SSSR count). The molecule has 0 unspecified atom stereocenters. The van der Waals surface area contributed by atoms with Gasteiger partial charge in [0.05, 0.1) is 0 Å². The summed E-state index contributed by atoms with van der Waals surface area (Å²) in [6.45, 7) is 9.32. The van der Waals surface area contributed by atoms with E-state index in [-0.39, 0.29) is 0 Å². The molecule has 1 fully saturated rings. The Balaban J connectivity index is 2.01. The highest BCUT2D eigenvalue weighted by atomic mass is 32.1. The molecular formula is C14H24N2S. The van der Waals surface area contributed by atoms with Crippen LogP contribution in [0.5, 0.6) is 0 Å². The van der Waals surface area contributed by atoms with Gasteiger partial charge in [-0.3, -0.25) is 4.90 Å². The average molecular weight is 252 g/mol. The number of thiophene rings is 1. The molecular weight excluding hydrogens is 228 g/mol. The van der Waals surface area contributed by atoms with E-state index in [1.165, 1.54) is 44.5 Å². The first-order chi connectivity index (χ1) is 8.28. The summed E-state index contributed by atoms with van der Waals surface area (Å²) in [6, 6.07) is 2.25. The number of nitrogens with one attached hydrogen (secondary N) is 1. The van der Waals surface area contributed by atoms with Gasteiger partial charge in [0.1, 0.15) is 0 Å². The molecule has 3 heteroatoms. The topological polar surface area (TPSA) is 15.3 Å². The summed E-state index contributed by atoms with van der Waals surface area (Å²) in [5.74, 6) is 0. The molecule has 1 N–H and O–H groups in total. The monoisotopic (exact) mass is 252 g/mol. The third kappa shape index (κ3) is 3.30. The number of rotatable bonds is 4. The SMILES string of the molecule is CCC1(CC)CN(Cc2ccsc2)CCCN1. The molecule has 2 heterocycles. The van der Waals surface area contributed by atoms with Gasteiger partial charge in [-0.1, -0.05) is 13.8 Å². The van der Waals surface area contributed by atoms with Crippen molar-refractivity contribution in [2.45, 2.75) is 45.2 Å². The van der Waals surface area contributed by atoms with Crippen molar-refractivity contribution >= 4 is 11.3 Å². The Morgan fingerprint density at radius 3 is 2.88 bits per heavy atom. The van der Waals surface area contributed by atoms with Crippen molar-refractivity contribution < 1.29 is 0 Å². The summed E-state index contributed by atoms with van der Waals surface area (Å²) in [5, 5.41) is 8.22. The van der Waals surface area contributed by atoms with Crippen LogP contribution in [0.4, 0.5) is 0 Å². The lowest BCUT2D eigenvalue weighted by atomic mass is 9.92. The highest BCUT2D eigenvalue weighted by Crippen LogP contribution is 2.21. The summed E-state index contributed by atoms with van der Waals surface area (Å²) in [6.07, 6.45) is 3.72. The van der Waals surface area contributed by atoms with E-state index < -0.39 is 0 Å². The van der Waals surface area contributed by atoms with Gasteiger partial charge in [-0.2, -0.15) is 11.3 Å². The van der Waals surface area contributed by atoms with Gasteiger partial charge >= 0.3 is 0 Å². The molecule has 0 bridgehead atoms. The van der Waals surface area contributed by atoms with Crippen LogP contribution < -0.4 is 5.32 Å². The quantitative estimate of drug-likeness (QED) is 0.886. The lowest BCUT2D eigenvalue weighted by Gasteiger charge is -2.35. The van der Waals surface area contributed by atoms with E-state index in [2.05, 4.69) is 40.9 Å². The lowest BCUT2D eigenvalue weighted by molar-refractivity contribution is 0.191. The zero-order valence-corrected chi connectivity index (χ0v) is 11.9. The van der Waals surface area contributed by atoms with Crippen molar-refractivity contribution in [2.24, 2.45) is 0 Å². The summed E-state index contributed by atoms with van der Waals surface area (Å²) >= 11 is 1.80. The van der Waals surface area contributed by atoms with Gasteiger partial charge in [0.25, 0.3) is 0 Å². The maximum atomic E-state index is 3.76. The highest BCUT2D eigenvalue weighted by molar-refractivity contribution is 7.07. The predicted octanol–water partition coefficient (Wildman–Crippen LogP) is 3.10. The van der Waals surface area contributed by atoms with Crippen molar-refractivity contribution in [1.29, 1.82) is 0 Å². The maximum absolute atomic E-state index is 3.76. The molecule has 0 aromatic carbocycles. The van der Waals surface area contributed by atoms with Crippen LogP contribution in [-0.4, -0.2) is 30.1 Å². The van der Waals surface area contributed by atoms with Gasteiger partial charge in [0.15, 0.2) is 0 Å². The van der Waals surface area contributed by atoms with Gasteiger partial charge in [-0.05, 0) is 54.7 Å². The van der Waals surface area contributed by atoms with Crippen LogP contribution in [-0.2, 0) is 6.54 Å². The van der Waals surface area contributed by atoms with Crippen LogP contribution in [0, 0.1) is 0 Å². The molecule has 1 aromatic heterocycles. The fourth-order valence-electron chi connectivity index (χ4n) is 2.72. The van der Waals surface area contributed by atoms with Crippen LogP contribution in [0.25, 0.3) is 0 Å². The second-order valence-corrected chi connectivity index (χ2v) is 5.89. The third-order valence-electron chi connectivity index (χ3n) is 4.02. The Kier molecular flexibility index (Phi) is 4.60. The van der Waals surface area contributed by atoms with Gasteiger partial charge in [0.2, 0.25) is 0 Å². The number of hydrogen-bond donors (Lipinski definition) is 1. The van der Waals surface area contributed by atoms with E-state index in [9.17, 15) is 0 Å². The smallest absolute Gasteiger partial charge is 0.0303 e. The van der Waals surface area contributed by atoms with Crippen molar-refractivity contribution in [3.8, 4) is 0 Å². The van der Waals surface area contributed by atoms with Crippen molar-refractivity contribution in [3.63, 3.8) is 0 Å². The lowest BCUT2D eigenvalue weighted by Crippen LogP contribution is -2.50. The minimum absolute atomic E-state index is 0.340. The third-order valence-corrected chi connectivity index (χ3v) is 4.75. The minimum atomic E-state index is 0.340. The summed E-state index contributed by atoms with van der Waals surface area (Å²) in [7, 11) is 0. The summed E-state index contributed by atoms with van der Waals surface area (Å²) in [5.41, 5.74) is 1.81. The molecule has 96 valence electrons. The standard InChI is InChI=1S/C14H24N2S/c1-3-14(4-2)12-16(8-5-7-15-14)10-13-6-9-17-11-13/h6,9,11,15H,3-5,7-8,10,12H2,1-2H3. The second-order valence-electron chi connectivity index (χ2n) is 5.11. The van der Waals surface area contributed by atoms with E-state index in [0.29, 0.717) is 5.54 Å². The van der Waals surface area contributed by atoms with Crippen LogP contribution in [0.2, 0.25) is 0 Å². The largest absolute Gasteiger partial charge is 0.310 e. The molecule has 0 aliphatic carbocycles. The fourth-order valence-corrected chi connectivity index (χ4v) is 3.38. The summed E-state index contributed by atoms with van der Waals surface area (Å²) < 4.78 is 0. The number of hydrogen-bond acceptors (Lipinski definition) is 3. The van der Waals surface area contributed by atoms with Crippen molar-refractivity contribution in [3.05, 3.63) is 22.4 Å². The molecule has 0 atom stereocenters. The Bertz CT molecular complexity index is 317. The molecule has 1 aliphatic rings. The zero-order valence-electron chi connectivity index (χ0n) is 11.0. The Morgan fingerprint density at radius 2 is 2.24 bits per heavy atom. The molecule has 1 aliphatic heterocycles. The highest BCUT2D eigenvalue weighted by Gasteiger charge is 2.29. The number of nitrogens with zero attached hydrogens (tertiary/aromatic N) is 1. The minimum Gasteiger partial charge on any atom is -0.310 e. The molecule has 0 spiro atoms. The van der Waals surface area contributed by atoms with Crippen LogP contribution in [0.15, 0.2) is 16.8 Å². The average Bonchev–Trinajstić information content (AvgIpc) is 2.76. The Morgan fingerprint density at radius 1 is 1.41 bits per heavy atom. The Hall–Kier alpha value is -0.380. The first-order valence-electron chi connectivity index (χ1n) is 6.76. The Labute approximate surface area is 109 Å². The second kappa shape index (κ2) is 5.98. The van der Waals surface area contributed by atoms with Crippen LogP contribution in [0.3, 0.4) is 0 Å². The van der Waals surface area contributed by atoms with Crippen molar-refractivity contribution in [1.82, 2.24) is 10.2 Å². The van der Waals surface area contributed by atoms with E-state index in [1.807, 2.05) is 0 Å². The van der Waals surface area contributed by atoms with E-state index in [4.69, 9.17) is 0 Å². The molecule has 2 nitrogen and oxygen atoms in total. The van der Waals surface area contributed by atoms with Crippen LogP contribution in [0.1, 0.15) is 38.7 Å².